The van der Waals surface area contributed by atoms with Crippen LogP contribution in [0.2, 0.25) is 0 Å². The molecule has 0 saturated heterocycles. The van der Waals surface area contributed by atoms with E-state index in [1.165, 1.54) is 0 Å². The maximum atomic E-state index is 12.8. The molecule has 9 heteroatoms. The Morgan fingerprint density at radius 2 is 1.64 bits per heavy atom. The number of esters is 1. The van der Waals surface area contributed by atoms with Crippen molar-refractivity contribution in [1.82, 2.24) is 25.5 Å². The van der Waals surface area contributed by atoms with Crippen molar-refractivity contribution in [2.45, 2.75) is 58.4 Å². The van der Waals surface area contributed by atoms with Gasteiger partial charge in [0.1, 0.15) is 18.2 Å². The third-order valence-electron chi connectivity index (χ3n) is 4.63. The van der Waals surface area contributed by atoms with Crippen LogP contribution in [0, 0.1) is 0 Å². The summed E-state index contributed by atoms with van der Waals surface area (Å²) in [6, 6.07) is 18.2. The second-order valence-corrected chi connectivity index (χ2v) is 8.57. The SMILES string of the molecule is CC(C)(C)OC(=O)[C@H](CCc1nnnn1Cc1ccccc1)NC(=O)OCc1ccccc1. The van der Waals surface area contributed by atoms with Crippen molar-refractivity contribution in [2.75, 3.05) is 0 Å². The topological polar surface area (TPSA) is 108 Å². The lowest BCUT2D eigenvalue weighted by Gasteiger charge is -2.24. The predicted molar refractivity (Wildman–Crippen MR) is 121 cm³/mol. The number of hydrogen-bond donors (Lipinski definition) is 1. The summed E-state index contributed by atoms with van der Waals surface area (Å²) in [5.74, 6) is 0.0631. The Balaban J connectivity index is 1.63. The van der Waals surface area contributed by atoms with Crippen molar-refractivity contribution in [3.8, 4) is 0 Å². The van der Waals surface area contributed by atoms with Crippen LogP contribution in [0.5, 0.6) is 0 Å². The first kappa shape index (κ1) is 23.9. The predicted octanol–water partition coefficient (Wildman–Crippen LogP) is 3.29. The molecule has 0 aliphatic rings. The Hall–Kier alpha value is -3.75. The molecule has 174 valence electrons. The van der Waals surface area contributed by atoms with E-state index in [9.17, 15) is 9.59 Å². The normalized spacial score (nSPS) is 12.1. The quantitative estimate of drug-likeness (QED) is 0.497. The van der Waals surface area contributed by atoms with E-state index < -0.39 is 23.7 Å². The number of carbonyl (C=O) groups excluding carboxylic acids is 2. The van der Waals surface area contributed by atoms with Crippen LogP contribution in [0.15, 0.2) is 60.7 Å². The number of aryl methyl sites for hydroxylation is 1. The van der Waals surface area contributed by atoms with Gasteiger partial charge in [-0.3, -0.25) is 0 Å². The van der Waals surface area contributed by atoms with Gasteiger partial charge in [-0.15, -0.1) is 5.10 Å². The Morgan fingerprint density at radius 3 is 2.27 bits per heavy atom. The first-order valence-electron chi connectivity index (χ1n) is 10.8. The molecule has 0 bridgehead atoms. The summed E-state index contributed by atoms with van der Waals surface area (Å²) in [6.07, 6.45) is -0.0775. The molecule has 1 atom stereocenters. The van der Waals surface area contributed by atoms with E-state index in [0.29, 0.717) is 18.8 Å². The standard InChI is InChI=1S/C24H29N5O4/c1-24(2,3)33-22(30)20(25-23(31)32-17-19-12-8-5-9-13-19)14-15-21-26-27-28-29(21)16-18-10-6-4-7-11-18/h4-13,20H,14-17H2,1-3H3,(H,25,31)/t20-/m0/s1. The van der Waals surface area contributed by atoms with Gasteiger partial charge >= 0.3 is 12.1 Å². The molecular weight excluding hydrogens is 422 g/mol. The van der Waals surface area contributed by atoms with Crippen LogP contribution >= 0.6 is 0 Å². The van der Waals surface area contributed by atoms with E-state index in [1.54, 1.807) is 25.5 Å². The van der Waals surface area contributed by atoms with Crippen LogP contribution < -0.4 is 5.32 Å². The van der Waals surface area contributed by atoms with Crippen molar-refractivity contribution < 1.29 is 19.1 Å². The first-order valence-corrected chi connectivity index (χ1v) is 10.8. The highest BCUT2D eigenvalue weighted by molar-refractivity contribution is 5.81. The molecular formula is C24H29N5O4. The summed E-state index contributed by atoms with van der Waals surface area (Å²) >= 11 is 0. The summed E-state index contributed by atoms with van der Waals surface area (Å²) in [5, 5.41) is 14.5. The van der Waals surface area contributed by atoms with Gasteiger partial charge in [0.05, 0.1) is 6.54 Å². The van der Waals surface area contributed by atoms with Crippen molar-refractivity contribution in [3.05, 3.63) is 77.6 Å². The lowest BCUT2D eigenvalue weighted by atomic mass is 10.1. The van der Waals surface area contributed by atoms with E-state index in [2.05, 4.69) is 20.8 Å². The fraction of sp³-hybridized carbons (Fsp3) is 0.375. The van der Waals surface area contributed by atoms with Gasteiger partial charge in [0.25, 0.3) is 0 Å². The fourth-order valence-corrected chi connectivity index (χ4v) is 3.08. The van der Waals surface area contributed by atoms with E-state index in [-0.39, 0.29) is 13.0 Å². The Labute approximate surface area is 193 Å². The van der Waals surface area contributed by atoms with Crippen molar-refractivity contribution in [2.24, 2.45) is 0 Å². The second-order valence-electron chi connectivity index (χ2n) is 8.57. The van der Waals surface area contributed by atoms with Gasteiger partial charge in [0, 0.05) is 6.42 Å². The number of alkyl carbamates (subject to hydrolysis) is 1. The van der Waals surface area contributed by atoms with Crippen molar-refractivity contribution in [3.63, 3.8) is 0 Å². The molecule has 3 aromatic rings. The molecule has 1 heterocycles. The van der Waals surface area contributed by atoms with E-state index in [1.807, 2.05) is 60.7 Å². The monoisotopic (exact) mass is 451 g/mol. The number of ether oxygens (including phenoxy) is 2. The molecule has 0 saturated carbocycles. The van der Waals surface area contributed by atoms with Crippen LogP contribution in [0.25, 0.3) is 0 Å². The van der Waals surface area contributed by atoms with Crippen LogP contribution in [0.4, 0.5) is 4.79 Å². The van der Waals surface area contributed by atoms with Crippen LogP contribution in [0.3, 0.4) is 0 Å². The maximum Gasteiger partial charge on any atom is 0.408 e. The summed E-state index contributed by atoms with van der Waals surface area (Å²) in [6.45, 7) is 5.93. The van der Waals surface area contributed by atoms with Crippen LogP contribution in [-0.4, -0.2) is 43.9 Å². The molecule has 0 aliphatic carbocycles. The molecule has 0 fully saturated rings. The zero-order valence-electron chi connectivity index (χ0n) is 19.1. The number of nitrogens with zero attached hydrogens (tertiary/aromatic N) is 4. The molecule has 3 rings (SSSR count). The lowest BCUT2D eigenvalue weighted by molar-refractivity contribution is -0.157. The summed E-state index contributed by atoms with van der Waals surface area (Å²) in [5.41, 5.74) is 1.21. The highest BCUT2D eigenvalue weighted by Crippen LogP contribution is 2.12. The largest absolute Gasteiger partial charge is 0.458 e. The minimum Gasteiger partial charge on any atom is -0.458 e. The minimum atomic E-state index is -0.908. The van der Waals surface area contributed by atoms with Gasteiger partial charge in [-0.05, 0) is 48.7 Å². The molecule has 2 aromatic carbocycles. The number of nitrogens with one attached hydrogen (secondary N) is 1. The Kier molecular flexibility index (Phi) is 8.12. The third-order valence-corrected chi connectivity index (χ3v) is 4.63. The number of rotatable bonds is 9. The van der Waals surface area contributed by atoms with E-state index >= 15 is 0 Å². The van der Waals surface area contributed by atoms with Crippen molar-refractivity contribution >= 4 is 12.1 Å². The minimum absolute atomic E-state index is 0.100. The molecule has 1 aromatic heterocycles. The number of aromatic nitrogens is 4. The van der Waals surface area contributed by atoms with Gasteiger partial charge < -0.3 is 14.8 Å². The molecule has 33 heavy (non-hydrogen) atoms. The summed E-state index contributed by atoms with van der Waals surface area (Å²) in [7, 11) is 0. The highest BCUT2D eigenvalue weighted by atomic mass is 16.6. The van der Waals surface area contributed by atoms with Crippen LogP contribution in [-0.2, 0) is 33.8 Å². The second kappa shape index (κ2) is 11.2. The Morgan fingerprint density at radius 1 is 1.00 bits per heavy atom. The van der Waals surface area contributed by atoms with E-state index in [4.69, 9.17) is 9.47 Å². The molecule has 0 unspecified atom stereocenters. The van der Waals surface area contributed by atoms with Crippen molar-refractivity contribution in [1.29, 1.82) is 0 Å². The third kappa shape index (κ3) is 8.03. The maximum absolute atomic E-state index is 12.8. The molecule has 1 N–H and O–H groups in total. The van der Waals surface area contributed by atoms with Gasteiger partial charge in [-0.25, -0.2) is 14.3 Å². The number of amides is 1. The average Bonchev–Trinajstić information content (AvgIpc) is 3.22. The summed E-state index contributed by atoms with van der Waals surface area (Å²) in [4.78, 5) is 25.1. The molecule has 0 spiro atoms. The van der Waals surface area contributed by atoms with Gasteiger partial charge in [-0.2, -0.15) is 0 Å². The zero-order chi connectivity index (χ0) is 23.7. The molecule has 0 aliphatic heterocycles. The molecule has 9 nitrogen and oxygen atoms in total. The van der Waals surface area contributed by atoms with Gasteiger partial charge in [0.2, 0.25) is 0 Å². The Bertz CT molecular complexity index is 1030. The number of benzene rings is 2. The van der Waals surface area contributed by atoms with Gasteiger partial charge in [-0.1, -0.05) is 60.7 Å². The lowest BCUT2D eigenvalue weighted by Crippen LogP contribution is -2.44. The fourth-order valence-electron chi connectivity index (χ4n) is 3.08. The molecule has 1 amide bonds. The summed E-state index contributed by atoms with van der Waals surface area (Å²) < 4.78 is 12.4. The van der Waals surface area contributed by atoms with E-state index in [0.717, 1.165) is 11.1 Å². The van der Waals surface area contributed by atoms with Gasteiger partial charge in [0.15, 0.2) is 5.82 Å². The first-order chi connectivity index (χ1) is 15.8. The number of tetrazole rings is 1. The zero-order valence-corrected chi connectivity index (χ0v) is 19.1. The highest BCUT2D eigenvalue weighted by Gasteiger charge is 2.28. The van der Waals surface area contributed by atoms with Crippen LogP contribution in [0.1, 0.15) is 44.1 Å². The number of hydrogen-bond acceptors (Lipinski definition) is 7. The smallest absolute Gasteiger partial charge is 0.408 e. The number of carbonyl (C=O) groups is 2. The molecule has 0 radical (unpaired) electrons. The average molecular weight is 452 g/mol.